The molecule has 1 heterocycles. The molecule has 3 heteroatoms. The van der Waals surface area contributed by atoms with Crippen LogP contribution in [0.2, 0.25) is 0 Å². The summed E-state index contributed by atoms with van der Waals surface area (Å²) in [4.78, 5) is 2.54. The predicted octanol–water partition coefficient (Wildman–Crippen LogP) is 1.24. The quantitative estimate of drug-likeness (QED) is 0.743. The lowest BCUT2D eigenvalue weighted by Crippen LogP contribution is -2.54. The summed E-state index contributed by atoms with van der Waals surface area (Å²) >= 11 is 0. The molecule has 100 valence electrons. The molecule has 2 rings (SSSR count). The molecule has 0 aromatic heterocycles. The van der Waals surface area contributed by atoms with Crippen LogP contribution in [0.4, 0.5) is 0 Å². The fraction of sp³-hybridized carbons (Fsp3) is 0.600. The van der Waals surface area contributed by atoms with E-state index in [1.807, 2.05) is 0 Å². The molecule has 0 saturated carbocycles. The summed E-state index contributed by atoms with van der Waals surface area (Å²) in [7, 11) is 0. The zero-order valence-electron chi connectivity index (χ0n) is 11.1. The maximum absolute atomic E-state index is 5.81. The largest absolute Gasteiger partial charge is 0.329 e. The Balaban J connectivity index is 1.65. The minimum atomic E-state index is 0.537. The van der Waals surface area contributed by atoms with E-state index in [0.717, 1.165) is 26.2 Å². The molecular weight excluding hydrogens is 222 g/mol. The molecule has 0 aliphatic carbocycles. The van der Waals surface area contributed by atoms with Crippen molar-refractivity contribution >= 4 is 0 Å². The summed E-state index contributed by atoms with van der Waals surface area (Å²) in [6.45, 7) is 5.26. The van der Waals surface area contributed by atoms with E-state index in [1.165, 1.54) is 31.4 Å². The van der Waals surface area contributed by atoms with Gasteiger partial charge in [-0.2, -0.15) is 0 Å². The highest BCUT2D eigenvalue weighted by molar-refractivity contribution is 5.14. The molecule has 0 bridgehead atoms. The van der Waals surface area contributed by atoms with Crippen molar-refractivity contribution in [3.8, 4) is 0 Å². The summed E-state index contributed by atoms with van der Waals surface area (Å²) in [5, 5.41) is 3.41. The second-order valence-corrected chi connectivity index (χ2v) is 5.07. The first-order chi connectivity index (χ1) is 8.90. The van der Waals surface area contributed by atoms with Gasteiger partial charge in [-0.05, 0) is 31.4 Å². The van der Waals surface area contributed by atoms with Crippen LogP contribution in [0, 0.1) is 0 Å². The summed E-state index contributed by atoms with van der Waals surface area (Å²) in [6.07, 6.45) is 3.73. The number of rotatable bonds is 6. The predicted molar refractivity (Wildman–Crippen MR) is 76.7 cm³/mol. The standard InChI is InChI=1S/C15H25N3/c16-12-15-13-17-9-11-18(15)10-5-4-8-14-6-2-1-3-7-14/h1-3,6-7,15,17H,4-5,8-13,16H2. The van der Waals surface area contributed by atoms with Crippen LogP contribution in [0.3, 0.4) is 0 Å². The van der Waals surface area contributed by atoms with Crippen molar-refractivity contribution in [1.29, 1.82) is 0 Å². The molecule has 1 saturated heterocycles. The molecule has 1 unspecified atom stereocenters. The molecule has 0 amide bonds. The highest BCUT2D eigenvalue weighted by atomic mass is 15.2. The number of nitrogens with one attached hydrogen (secondary N) is 1. The van der Waals surface area contributed by atoms with E-state index in [2.05, 4.69) is 40.5 Å². The van der Waals surface area contributed by atoms with Crippen LogP contribution in [0.25, 0.3) is 0 Å². The van der Waals surface area contributed by atoms with Crippen molar-refractivity contribution in [3.05, 3.63) is 35.9 Å². The van der Waals surface area contributed by atoms with Crippen LogP contribution in [0.15, 0.2) is 30.3 Å². The number of unbranched alkanes of at least 4 members (excludes halogenated alkanes) is 1. The zero-order chi connectivity index (χ0) is 12.6. The molecule has 1 aliphatic heterocycles. The monoisotopic (exact) mass is 247 g/mol. The minimum absolute atomic E-state index is 0.537. The topological polar surface area (TPSA) is 41.3 Å². The molecule has 1 aromatic carbocycles. The third-order valence-corrected chi connectivity index (χ3v) is 3.75. The van der Waals surface area contributed by atoms with Gasteiger partial charge in [0.05, 0.1) is 0 Å². The molecular formula is C15H25N3. The maximum Gasteiger partial charge on any atom is 0.0343 e. The molecule has 3 N–H and O–H groups in total. The average Bonchev–Trinajstić information content (AvgIpc) is 2.45. The number of piperazine rings is 1. The molecule has 0 radical (unpaired) electrons. The Morgan fingerprint density at radius 2 is 2.06 bits per heavy atom. The van der Waals surface area contributed by atoms with E-state index in [1.54, 1.807) is 0 Å². The Labute approximate surface area is 110 Å². The number of benzene rings is 1. The highest BCUT2D eigenvalue weighted by Gasteiger charge is 2.19. The van der Waals surface area contributed by atoms with Crippen LogP contribution >= 0.6 is 0 Å². The van der Waals surface area contributed by atoms with Gasteiger partial charge in [0.1, 0.15) is 0 Å². The molecule has 18 heavy (non-hydrogen) atoms. The normalized spacial score (nSPS) is 21.1. The molecule has 1 fully saturated rings. The lowest BCUT2D eigenvalue weighted by Gasteiger charge is -2.35. The van der Waals surface area contributed by atoms with Gasteiger partial charge in [0, 0.05) is 32.2 Å². The van der Waals surface area contributed by atoms with Crippen molar-refractivity contribution in [2.75, 3.05) is 32.7 Å². The van der Waals surface area contributed by atoms with Crippen molar-refractivity contribution in [3.63, 3.8) is 0 Å². The first-order valence-corrected chi connectivity index (χ1v) is 7.09. The van der Waals surface area contributed by atoms with Gasteiger partial charge in [0.2, 0.25) is 0 Å². The second-order valence-electron chi connectivity index (χ2n) is 5.07. The van der Waals surface area contributed by atoms with E-state index < -0.39 is 0 Å². The number of hydrogen-bond acceptors (Lipinski definition) is 3. The number of nitrogens with two attached hydrogens (primary N) is 1. The van der Waals surface area contributed by atoms with Gasteiger partial charge in [-0.3, -0.25) is 4.90 Å². The zero-order valence-corrected chi connectivity index (χ0v) is 11.1. The third-order valence-electron chi connectivity index (χ3n) is 3.75. The lowest BCUT2D eigenvalue weighted by atomic mass is 10.1. The Bertz CT molecular complexity index is 326. The van der Waals surface area contributed by atoms with Crippen molar-refractivity contribution in [2.45, 2.75) is 25.3 Å². The first-order valence-electron chi connectivity index (χ1n) is 7.09. The Morgan fingerprint density at radius 1 is 1.22 bits per heavy atom. The van der Waals surface area contributed by atoms with E-state index in [-0.39, 0.29) is 0 Å². The van der Waals surface area contributed by atoms with E-state index in [0.29, 0.717) is 6.04 Å². The van der Waals surface area contributed by atoms with E-state index in [9.17, 15) is 0 Å². The molecule has 1 aliphatic rings. The first kappa shape index (κ1) is 13.5. The van der Waals surface area contributed by atoms with Gasteiger partial charge < -0.3 is 11.1 Å². The molecule has 3 nitrogen and oxygen atoms in total. The summed E-state index contributed by atoms with van der Waals surface area (Å²) < 4.78 is 0. The molecule has 1 atom stereocenters. The van der Waals surface area contributed by atoms with Crippen LogP contribution < -0.4 is 11.1 Å². The highest BCUT2D eigenvalue weighted by Crippen LogP contribution is 2.08. The second kappa shape index (κ2) is 7.52. The van der Waals surface area contributed by atoms with Gasteiger partial charge >= 0.3 is 0 Å². The number of hydrogen-bond donors (Lipinski definition) is 2. The molecule has 1 aromatic rings. The summed E-state index contributed by atoms with van der Waals surface area (Å²) in [6, 6.07) is 11.3. The fourth-order valence-corrected chi connectivity index (χ4v) is 2.62. The fourth-order valence-electron chi connectivity index (χ4n) is 2.62. The van der Waals surface area contributed by atoms with Crippen LogP contribution in [0.5, 0.6) is 0 Å². The van der Waals surface area contributed by atoms with Crippen LogP contribution in [-0.4, -0.2) is 43.7 Å². The van der Waals surface area contributed by atoms with Gasteiger partial charge in [-0.1, -0.05) is 30.3 Å². The SMILES string of the molecule is NCC1CNCCN1CCCCc1ccccc1. The average molecular weight is 247 g/mol. The molecule has 0 spiro atoms. The van der Waals surface area contributed by atoms with E-state index in [4.69, 9.17) is 5.73 Å². The Kier molecular flexibility index (Phi) is 5.65. The van der Waals surface area contributed by atoms with Crippen LogP contribution in [-0.2, 0) is 6.42 Å². The third kappa shape index (κ3) is 4.09. The van der Waals surface area contributed by atoms with Gasteiger partial charge in [0.25, 0.3) is 0 Å². The maximum atomic E-state index is 5.81. The Hall–Kier alpha value is -0.900. The van der Waals surface area contributed by atoms with E-state index >= 15 is 0 Å². The van der Waals surface area contributed by atoms with Crippen molar-refractivity contribution in [2.24, 2.45) is 5.73 Å². The summed E-state index contributed by atoms with van der Waals surface area (Å²) in [5.41, 5.74) is 7.26. The van der Waals surface area contributed by atoms with Crippen LogP contribution in [0.1, 0.15) is 18.4 Å². The van der Waals surface area contributed by atoms with Crippen molar-refractivity contribution in [1.82, 2.24) is 10.2 Å². The number of aryl methyl sites for hydroxylation is 1. The smallest absolute Gasteiger partial charge is 0.0343 e. The Morgan fingerprint density at radius 3 is 2.83 bits per heavy atom. The number of nitrogens with zero attached hydrogens (tertiary/aromatic N) is 1. The van der Waals surface area contributed by atoms with Gasteiger partial charge in [0.15, 0.2) is 0 Å². The minimum Gasteiger partial charge on any atom is -0.329 e. The lowest BCUT2D eigenvalue weighted by molar-refractivity contribution is 0.163. The van der Waals surface area contributed by atoms with Gasteiger partial charge in [-0.25, -0.2) is 0 Å². The van der Waals surface area contributed by atoms with Crippen molar-refractivity contribution < 1.29 is 0 Å². The van der Waals surface area contributed by atoms with Gasteiger partial charge in [-0.15, -0.1) is 0 Å². The summed E-state index contributed by atoms with van der Waals surface area (Å²) in [5.74, 6) is 0.